The molecule has 0 aliphatic heterocycles. The molecule has 6 aromatic carbocycles. The molecule has 380 valence electrons. The number of carbonyl (C=O) groups excluding carboxylic acids is 3. The van der Waals surface area contributed by atoms with Crippen LogP contribution in [0, 0.1) is 11.8 Å². The maximum absolute atomic E-state index is 15.4. The van der Waals surface area contributed by atoms with Crippen LogP contribution < -0.4 is 20.1 Å². The fraction of sp³-hybridized carbons (Fsp3) is 0.391. The number of hydrogen-bond donors (Lipinski definition) is 4. The average molecular weight is 981 g/mol. The first-order chi connectivity index (χ1) is 35.5. The molecule has 9 nitrogen and oxygen atoms in total. The number of hydrogen-bond acceptors (Lipinski definition) is 9. The molecule has 3 aliphatic rings. The van der Waals surface area contributed by atoms with E-state index >= 15 is 9.59 Å². The van der Waals surface area contributed by atoms with Gasteiger partial charge in [-0.05, 0) is 160 Å². The number of carbonyl (C=O) groups is 3. The highest BCUT2D eigenvalue weighted by atomic mass is 16.5. The van der Waals surface area contributed by atoms with Crippen LogP contribution in [0.2, 0.25) is 0 Å². The van der Waals surface area contributed by atoms with Gasteiger partial charge in [0.2, 0.25) is 11.6 Å². The highest BCUT2D eigenvalue weighted by Gasteiger charge is 2.41. The van der Waals surface area contributed by atoms with Crippen molar-refractivity contribution >= 4 is 40.1 Å². The van der Waals surface area contributed by atoms with E-state index in [1.54, 1.807) is 30.3 Å². The van der Waals surface area contributed by atoms with Crippen molar-refractivity contribution in [3.05, 3.63) is 154 Å². The van der Waals surface area contributed by atoms with Gasteiger partial charge in [-0.1, -0.05) is 114 Å². The van der Waals surface area contributed by atoms with Gasteiger partial charge in [-0.2, -0.15) is 0 Å². The highest BCUT2D eigenvalue weighted by molar-refractivity contribution is 6.34. The van der Waals surface area contributed by atoms with Gasteiger partial charge in [0.25, 0.3) is 0 Å². The molecular formula is C64H72N2O7. The third kappa shape index (κ3) is 11.7. The lowest BCUT2D eigenvalue weighted by Gasteiger charge is -2.29. The molecule has 4 N–H and O–H groups in total. The molecule has 9 rings (SSSR count). The average Bonchev–Trinajstić information content (AvgIpc) is 3.41. The molecule has 9 heteroatoms. The standard InChI is InChI=1S/C64H72N2O7/c1-5-8-12-41-17-23-44(24-18-41)46-27-33-51(34-28-46)72-55-38-53(65-49-31-21-43(22-32-49)14-10-7-3)57-59(61(55)68)64(71)58-54(66-50-16-11-15-48(37-50)40(4)67)39-56(62(69)60(58)63(57)70)73-52-35-29-47(30-36-52)45-25-19-42(20-26-45)13-9-6-2/h11,15-16,21-22,27-39,41-42,44-45,65-66,68-69H,5-10,12-14,17-20,23-26H2,1-4H3. The SMILES string of the molecule is CCCCc1ccc(Nc2cc(Oc3ccc(C4CCC(CCCC)CC4)cc3)c(O)c3c2C(=O)c2c(O)c(Oc4ccc(C5CCC(CCCC)CC5)cc4)cc(Nc4cccc(C(C)=O)c4)c2C3=O)cc1. The van der Waals surface area contributed by atoms with E-state index < -0.39 is 23.1 Å². The van der Waals surface area contributed by atoms with Gasteiger partial charge >= 0.3 is 0 Å². The number of aryl methyl sites for hydroxylation is 1. The number of anilines is 4. The van der Waals surface area contributed by atoms with Crippen molar-refractivity contribution in [2.45, 2.75) is 149 Å². The van der Waals surface area contributed by atoms with E-state index in [4.69, 9.17) is 9.47 Å². The Labute approximate surface area is 431 Å². The van der Waals surface area contributed by atoms with Crippen molar-refractivity contribution in [1.82, 2.24) is 0 Å². The number of rotatable bonds is 20. The molecule has 2 saturated carbocycles. The third-order valence-electron chi connectivity index (χ3n) is 15.8. The van der Waals surface area contributed by atoms with E-state index in [1.807, 2.05) is 48.5 Å². The predicted molar refractivity (Wildman–Crippen MR) is 293 cm³/mol. The monoisotopic (exact) mass is 981 g/mol. The van der Waals surface area contributed by atoms with Crippen molar-refractivity contribution in [1.29, 1.82) is 0 Å². The molecule has 6 aromatic rings. The first-order valence-corrected chi connectivity index (χ1v) is 27.2. The fourth-order valence-corrected chi connectivity index (χ4v) is 11.5. The number of phenolic OH excluding ortho intramolecular Hbond substituents is 2. The second-order valence-corrected chi connectivity index (χ2v) is 20.9. The maximum Gasteiger partial charge on any atom is 0.200 e. The Hall–Kier alpha value is -6.87. The molecule has 2 fully saturated rings. The van der Waals surface area contributed by atoms with Crippen LogP contribution in [0.5, 0.6) is 34.5 Å². The third-order valence-corrected chi connectivity index (χ3v) is 15.8. The summed E-state index contributed by atoms with van der Waals surface area (Å²) >= 11 is 0. The van der Waals surface area contributed by atoms with E-state index in [-0.39, 0.29) is 50.9 Å². The van der Waals surface area contributed by atoms with Crippen LogP contribution in [-0.2, 0) is 6.42 Å². The molecule has 0 spiro atoms. The molecule has 3 aliphatic carbocycles. The van der Waals surface area contributed by atoms with Gasteiger partial charge < -0.3 is 30.3 Å². The van der Waals surface area contributed by atoms with Crippen LogP contribution >= 0.6 is 0 Å². The number of ketones is 3. The Balaban J connectivity index is 1.08. The number of Topliss-reactive ketones (excluding diaryl/α,β-unsaturated/α-hetero) is 1. The van der Waals surface area contributed by atoms with Crippen LogP contribution in [0.1, 0.15) is 201 Å². The Kier molecular flexibility index (Phi) is 16.3. The van der Waals surface area contributed by atoms with E-state index in [1.165, 1.54) is 93.9 Å². The van der Waals surface area contributed by atoms with Gasteiger partial charge in [0.05, 0.1) is 33.6 Å². The minimum Gasteiger partial charge on any atom is -0.504 e. The van der Waals surface area contributed by atoms with Crippen molar-refractivity contribution in [3.8, 4) is 34.5 Å². The highest BCUT2D eigenvalue weighted by Crippen LogP contribution is 2.51. The lowest BCUT2D eigenvalue weighted by atomic mass is 9.77. The van der Waals surface area contributed by atoms with Gasteiger partial charge in [-0.3, -0.25) is 14.4 Å². The van der Waals surface area contributed by atoms with Crippen LogP contribution in [0.3, 0.4) is 0 Å². The zero-order valence-electron chi connectivity index (χ0n) is 43.2. The number of phenols is 2. The molecule has 73 heavy (non-hydrogen) atoms. The molecule has 0 heterocycles. The van der Waals surface area contributed by atoms with Gasteiger partial charge in [-0.15, -0.1) is 0 Å². The largest absolute Gasteiger partial charge is 0.504 e. The summed E-state index contributed by atoms with van der Waals surface area (Å²) in [7, 11) is 0. The summed E-state index contributed by atoms with van der Waals surface area (Å²) in [5.74, 6) is 0.798. The molecule has 0 saturated heterocycles. The van der Waals surface area contributed by atoms with Gasteiger partial charge in [0, 0.05) is 29.1 Å². The molecule has 0 atom stereocenters. The molecular weight excluding hydrogens is 909 g/mol. The minimum atomic E-state index is -0.712. The summed E-state index contributed by atoms with van der Waals surface area (Å²) in [5, 5.41) is 31.2. The summed E-state index contributed by atoms with van der Waals surface area (Å²) in [6.07, 6.45) is 20.2. The number of ether oxygens (including phenoxy) is 2. The quantitative estimate of drug-likeness (QED) is 0.0435. The zero-order valence-corrected chi connectivity index (χ0v) is 43.2. The number of benzene rings is 6. The second-order valence-electron chi connectivity index (χ2n) is 20.9. The lowest BCUT2D eigenvalue weighted by Crippen LogP contribution is -2.24. The lowest BCUT2D eigenvalue weighted by molar-refractivity contribution is 0.0974. The van der Waals surface area contributed by atoms with Crippen molar-refractivity contribution in [3.63, 3.8) is 0 Å². The van der Waals surface area contributed by atoms with Crippen molar-refractivity contribution < 1.29 is 34.1 Å². The summed E-state index contributed by atoms with van der Waals surface area (Å²) in [6.45, 7) is 8.13. The van der Waals surface area contributed by atoms with E-state index in [2.05, 4.69) is 55.7 Å². The Morgan fingerprint density at radius 3 is 1.42 bits per heavy atom. The summed E-state index contributed by atoms with van der Waals surface area (Å²) in [5.41, 5.74) is 4.75. The molecule has 0 amide bonds. The first-order valence-electron chi connectivity index (χ1n) is 27.2. The number of aromatic hydroxyl groups is 2. The van der Waals surface area contributed by atoms with Gasteiger partial charge in [0.15, 0.2) is 28.8 Å². The normalized spacial score (nSPS) is 18.4. The zero-order chi connectivity index (χ0) is 51.0. The van der Waals surface area contributed by atoms with Crippen molar-refractivity contribution in [2.75, 3.05) is 10.6 Å². The smallest absolute Gasteiger partial charge is 0.200 e. The molecule has 0 aromatic heterocycles. The van der Waals surface area contributed by atoms with E-state index in [0.29, 0.717) is 40.3 Å². The number of nitrogens with one attached hydrogen (secondary N) is 2. The molecule has 0 radical (unpaired) electrons. The first kappa shape index (κ1) is 51.0. The number of unbranched alkanes of at least 4 members (excludes halogenated alkanes) is 3. The Morgan fingerprint density at radius 2 is 0.986 bits per heavy atom. The molecule has 0 unspecified atom stereocenters. The summed E-state index contributed by atoms with van der Waals surface area (Å²) < 4.78 is 12.9. The van der Waals surface area contributed by atoms with Gasteiger partial charge in [-0.25, -0.2) is 0 Å². The van der Waals surface area contributed by atoms with Gasteiger partial charge in [0.1, 0.15) is 11.5 Å². The van der Waals surface area contributed by atoms with Crippen LogP contribution in [0.25, 0.3) is 0 Å². The second kappa shape index (κ2) is 23.3. The maximum atomic E-state index is 15.4. The fourth-order valence-electron chi connectivity index (χ4n) is 11.5. The minimum absolute atomic E-state index is 0.0181. The van der Waals surface area contributed by atoms with Crippen LogP contribution in [0.4, 0.5) is 22.7 Å². The number of fused-ring (bicyclic) bond motifs is 2. The summed E-state index contributed by atoms with van der Waals surface area (Å²) in [4.78, 5) is 43.2. The van der Waals surface area contributed by atoms with Crippen molar-refractivity contribution in [2.24, 2.45) is 11.8 Å². The van der Waals surface area contributed by atoms with E-state index in [9.17, 15) is 15.0 Å². The Morgan fingerprint density at radius 1 is 0.534 bits per heavy atom. The Bertz CT molecular complexity index is 2910. The summed E-state index contributed by atoms with van der Waals surface area (Å²) in [6, 6.07) is 33.6. The van der Waals surface area contributed by atoms with Crippen LogP contribution in [-0.4, -0.2) is 27.6 Å². The molecule has 0 bridgehead atoms. The predicted octanol–water partition coefficient (Wildman–Crippen LogP) is 17.4. The topological polar surface area (TPSA) is 134 Å². The van der Waals surface area contributed by atoms with Crippen LogP contribution in [0.15, 0.2) is 109 Å². The van der Waals surface area contributed by atoms with E-state index in [0.717, 1.165) is 56.8 Å².